The van der Waals surface area contributed by atoms with E-state index in [1.165, 1.54) is 57.8 Å². The molecule has 0 bridgehead atoms. The molecule has 32 heavy (non-hydrogen) atoms. The van der Waals surface area contributed by atoms with Gasteiger partial charge in [0.2, 0.25) is 0 Å². The minimum Gasteiger partial charge on any atom is -0.396 e. The van der Waals surface area contributed by atoms with Gasteiger partial charge in [-0.05, 0) is 38.5 Å². The Balaban J connectivity index is 0. The standard InChI is InChI=1S/C12H23BrO2.C6H12Br2.C6H12O2.CH4/c1-2-12(10-15-11-12)9-14-8-6-4-3-5-7-13;7-5-3-1-2-4-6-8;1-2-6(3-7)4-8-5-6;/h2-11H2,1H3;1-6H2;7H,2-5H2,1H3;1H4. The Morgan fingerprint density at radius 3 is 1.34 bits per heavy atom. The molecule has 2 aliphatic heterocycles. The third kappa shape index (κ3) is 16.8. The van der Waals surface area contributed by atoms with Crippen molar-refractivity contribution in [1.82, 2.24) is 0 Å². The van der Waals surface area contributed by atoms with Gasteiger partial charge in [-0.2, -0.15) is 0 Å². The summed E-state index contributed by atoms with van der Waals surface area (Å²) in [6.07, 6.45) is 12.7. The van der Waals surface area contributed by atoms with Crippen molar-refractivity contribution in [3.05, 3.63) is 0 Å². The van der Waals surface area contributed by atoms with Crippen molar-refractivity contribution in [3.63, 3.8) is 0 Å². The summed E-state index contributed by atoms with van der Waals surface area (Å²) in [5, 5.41) is 12.2. The highest BCUT2D eigenvalue weighted by Gasteiger charge is 2.37. The molecule has 7 heteroatoms. The van der Waals surface area contributed by atoms with Crippen LogP contribution >= 0.6 is 47.8 Å². The van der Waals surface area contributed by atoms with E-state index >= 15 is 0 Å². The van der Waals surface area contributed by atoms with Crippen LogP contribution in [0.3, 0.4) is 0 Å². The molecule has 0 radical (unpaired) electrons. The van der Waals surface area contributed by atoms with E-state index < -0.39 is 0 Å². The van der Waals surface area contributed by atoms with Crippen molar-refractivity contribution in [1.29, 1.82) is 0 Å². The zero-order chi connectivity index (χ0) is 23.3. The normalized spacial score (nSPS) is 17.4. The molecule has 0 aromatic carbocycles. The van der Waals surface area contributed by atoms with Gasteiger partial charge >= 0.3 is 0 Å². The van der Waals surface area contributed by atoms with Crippen molar-refractivity contribution < 1.29 is 19.3 Å². The van der Waals surface area contributed by atoms with E-state index in [9.17, 15) is 0 Å². The molecule has 0 aromatic rings. The van der Waals surface area contributed by atoms with Gasteiger partial charge in [0.1, 0.15) is 0 Å². The molecule has 0 aliphatic carbocycles. The van der Waals surface area contributed by atoms with E-state index in [0.29, 0.717) is 5.41 Å². The van der Waals surface area contributed by atoms with Gasteiger partial charge in [-0.1, -0.05) is 94.7 Å². The van der Waals surface area contributed by atoms with Crippen molar-refractivity contribution in [2.75, 3.05) is 62.2 Å². The molecule has 0 aromatic heterocycles. The van der Waals surface area contributed by atoms with E-state index in [-0.39, 0.29) is 19.4 Å². The quantitative estimate of drug-likeness (QED) is 0.137. The van der Waals surface area contributed by atoms with E-state index in [1.54, 1.807) is 0 Å². The van der Waals surface area contributed by atoms with Crippen LogP contribution in [0.1, 0.15) is 85.5 Å². The van der Waals surface area contributed by atoms with E-state index in [4.69, 9.17) is 19.3 Å². The number of aliphatic hydroxyl groups is 1. The highest BCUT2D eigenvalue weighted by atomic mass is 79.9. The first-order valence-electron chi connectivity index (χ1n) is 12.1. The Morgan fingerprint density at radius 1 is 0.688 bits per heavy atom. The van der Waals surface area contributed by atoms with Gasteiger partial charge in [0.25, 0.3) is 0 Å². The van der Waals surface area contributed by atoms with Gasteiger partial charge < -0.3 is 19.3 Å². The first kappa shape index (κ1) is 35.4. The van der Waals surface area contributed by atoms with Crippen LogP contribution in [0, 0.1) is 10.8 Å². The minimum atomic E-state index is 0. The topological polar surface area (TPSA) is 47.9 Å². The Morgan fingerprint density at radius 2 is 1.09 bits per heavy atom. The molecule has 2 saturated heterocycles. The third-order valence-electron chi connectivity index (χ3n) is 6.07. The second kappa shape index (κ2) is 24.0. The maximum Gasteiger partial charge on any atom is 0.0566 e. The first-order valence-corrected chi connectivity index (χ1v) is 15.5. The molecular weight excluding hydrogens is 604 g/mol. The van der Waals surface area contributed by atoms with Gasteiger partial charge in [0.05, 0.1) is 39.6 Å². The molecule has 0 spiro atoms. The second-order valence-electron chi connectivity index (χ2n) is 8.80. The van der Waals surface area contributed by atoms with Crippen molar-refractivity contribution in [3.8, 4) is 0 Å². The van der Waals surface area contributed by atoms with Gasteiger partial charge in [-0.25, -0.2) is 0 Å². The molecule has 0 saturated carbocycles. The van der Waals surface area contributed by atoms with Gasteiger partial charge in [0, 0.05) is 33.4 Å². The second-order valence-corrected chi connectivity index (χ2v) is 11.2. The molecule has 2 fully saturated rings. The number of unbranched alkanes of at least 4 members (excludes halogenated alkanes) is 6. The summed E-state index contributed by atoms with van der Waals surface area (Å²) in [7, 11) is 0. The first-order chi connectivity index (χ1) is 15.1. The van der Waals surface area contributed by atoms with Crippen molar-refractivity contribution in [2.24, 2.45) is 10.8 Å². The van der Waals surface area contributed by atoms with Gasteiger partial charge in [0.15, 0.2) is 0 Å². The maximum absolute atomic E-state index is 8.76. The Labute approximate surface area is 224 Å². The molecule has 2 rings (SSSR count). The lowest BCUT2D eigenvalue weighted by Crippen LogP contribution is -2.45. The summed E-state index contributed by atoms with van der Waals surface area (Å²) in [6, 6.07) is 0. The zero-order valence-corrected chi connectivity index (χ0v) is 24.7. The molecular formula is C25H51Br3O4. The van der Waals surface area contributed by atoms with Crippen LogP contribution in [-0.2, 0) is 14.2 Å². The fraction of sp³-hybridized carbons (Fsp3) is 1.00. The lowest BCUT2D eigenvalue weighted by molar-refractivity contribution is -0.150. The van der Waals surface area contributed by atoms with Crippen LogP contribution < -0.4 is 0 Å². The SMILES string of the molecule is BrCCCCCCBr.C.CCC1(CO)COC1.CCC1(COCCCCCCBr)COC1. The maximum atomic E-state index is 8.76. The Hall–Kier alpha value is 1.28. The number of hydrogen-bond donors (Lipinski definition) is 1. The Bertz CT molecular complexity index is 353. The summed E-state index contributed by atoms with van der Waals surface area (Å²) in [4.78, 5) is 0. The summed E-state index contributed by atoms with van der Waals surface area (Å²) in [5.41, 5.74) is 0.496. The number of halogens is 3. The monoisotopic (exact) mass is 652 g/mol. The molecule has 0 unspecified atom stereocenters. The lowest BCUT2D eigenvalue weighted by atomic mass is 9.84. The Kier molecular flexibility index (Phi) is 26.6. The van der Waals surface area contributed by atoms with Crippen LogP contribution in [0.2, 0.25) is 0 Å². The fourth-order valence-corrected chi connectivity index (χ4v) is 4.25. The van der Waals surface area contributed by atoms with E-state index in [0.717, 1.165) is 62.1 Å². The summed E-state index contributed by atoms with van der Waals surface area (Å²) >= 11 is 10.2. The van der Waals surface area contributed by atoms with E-state index in [1.807, 2.05) is 0 Å². The van der Waals surface area contributed by atoms with Crippen molar-refractivity contribution >= 4 is 47.8 Å². The van der Waals surface area contributed by atoms with Crippen LogP contribution in [0.15, 0.2) is 0 Å². The molecule has 2 heterocycles. The average Bonchev–Trinajstić information content (AvgIpc) is 2.73. The number of alkyl halides is 3. The van der Waals surface area contributed by atoms with Gasteiger partial charge in [-0.3, -0.25) is 0 Å². The van der Waals surface area contributed by atoms with Gasteiger partial charge in [-0.15, -0.1) is 0 Å². The van der Waals surface area contributed by atoms with Crippen LogP contribution in [-0.4, -0.2) is 67.3 Å². The minimum absolute atomic E-state index is 0. The fourth-order valence-electron chi connectivity index (χ4n) is 3.06. The smallest absolute Gasteiger partial charge is 0.0566 e. The number of ether oxygens (including phenoxy) is 3. The molecule has 0 atom stereocenters. The number of hydrogen-bond acceptors (Lipinski definition) is 4. The molecule has 4 nitrogen and oxygen atoms in total. The summed E-state index contributed by atoms with van der Waals surface area (Å²) in [6.45, 7) is 9.69. The lowest BCUT2D eigenvalue weighted by Gasteiger charge is -2.40. The average molecular weight is 655 g/mol. The molecule has 2 aliphatic rings. The molecule has 1 N–H and O–H groups in total. The third-order valence-corrected chi connectivity index (χ3v) is 7.75. The highest BCUT2D eigenvalue weighted by molar-refractivity contribution is 9.09. The zero-order valence-electron chi connectivity index (χ0n) is 19.9. The van der Waals surface area contributed by atoms with Crippen LogP contribution in [0.4, 0.5) is 0 Å². The molecule has 196 valence electrons. The predicted molar refractivity (Wildman–Crippen MR) is 150 cm³/mol. The highest BCUT2D eigenvalue weighted by Crippen LogP contribution is 2.31. The van der Waals surface area contributed by atoms with Crippen molar-refractivity contribution in [2.45, 2.75) is 85.5 Å². The van der Waals surface area contributed by atoms with Crippen LogP contribution in [0.5, 0.6) is 0 Å². The van der Waals surface area contributed by atoms with E-state index in [2.05, 4.69) is 61.6 Å². The number of aliphatic hydroxyl groups excluding tert-OH is 1. The number of rotatable bonds is 16. The summed E-state index contributed by atoms with van der Waals surface area (Å²) < 4.78 is 15.9. The summed E-state index contributed by atoms with van der Waals surface area (Å²) in [5.74, 6) is 0. The van der Waals surface area contributed by atoms with Crippen LogP contribution in [0.25, 0.3) is 0 Å². The predicted octanol–water partition coefficient (Wildman–Crippen LogP) is 7.76. The largest absolute Gasteiger partial charge is 0.396 e. The molecule has 0 amide bonds.